The van der Waals surface area contributed by atoms with Gasteiger partial charge in [0.15, 0.2) is 17.0 Å². The van der Waals surface area contributed by atoms with Crippen LogP contribution in [0.15, 0.2) is 12.2 Å². The Kier molecular flexibility index (Phi) is 2.26. The van der Waals surface area contributed by atoms with E-state index in [1.165, 1.54) is 19.3 Å². The molecule has 0 aromatic carbocycles. The molecule has 0 amide bonds. The van der Waals surface area contributed by atoms with Crippen LogP contribution in [-0.4, -0.2) is 24.6 Å². The predicted octanol–water partition coefficient (Wildman–Crippen LogP) is 1.04. The number of methoxy groups -OCH3 is 1. The second kappa shape index (κ2) is 3.27. The highest BCUT2D eigenvalue weighted by Gasteiger charge is 2.63. The number of esters is 1. The molecule has 16 heavy (non-hydrogen) atoms. The second-order valence-corrected chi connectivity index (χ2v) is 4.76. The van der Waals surface area contributed by atoms with Crippen molar-refractivity contribution in [2.45, 2.75) is 26.2 Å². The molecule has 4 heteroatoms. The second-order valence-electron chi connectivity index (χ2n) is 4.76. The molecule has 86 valence electrons. The first kappa shape index (κ1) is 11.0. The number of carbonyl (C=O) groups excluding carboxylic acids is 3. The lowest BCUT2D eigenvalue weighted by molar-refractivity contribution is -0.159. The van der Waals surface area contributed by atoms with Gasteiger partial charge in [-0.15, -0.1) is 0 Å². The number of rotatable bonds is 1. The van der Waals surface area contributed by atoms with Crippen molar-refractivity contribution >= 4 is 17.5 Å². The molecular weight excluding hydrogens is 208 g/mol. The Labute approximate surface area is 93.7 Å². The smallest absolute Gasteiger partial charge is 0.323 e. The van der Waals surface area contributed by atoms with Crippen molar-refractivity contribution in [3.63, 3.8) is 0 Å². The highest BCUT2D eigenvalue weighted by Crippen LogP contribution is 2.56. The van der Waals surface area contributed by atoms with Crippen LogP contribution in [-0.2, 0) is 19.1 Å². The molecule has 2 atom stereocenters. The van der Waals surface area contributed by atoms with E-state index in [4.69, 9.17) is 4.74 Å². The zero-order valence-electron chi connectivity index (χ0n) is 9.41. The van der Waals surface area contributed by atoms with Gasteiger partial charge in [0, 0.05) is 18.3 Å². The maximum Gasteiger partial charge on any atom is 0.323 e. The zero-order valence-corrected chi connectivity index (χ0v) is 9.41. The Balaban J connectivity index is 2.59. The van der Waals surface area contributed by atoms with Gasteiger partial charge in [0.2, 0.25) is 0 Å². The van der Waals surface area contributed by atoms with Crippen LogP contribution in [0, 0.1) is 10.8 Å². The summed E-state index contributed by atoms with van der Waals surface area (Å²) < 4.78 is 4.74. The molecule has 4 nitrogen and oxygen atoms in total. The largest absolute Gasteiger partial charge is 0.468 e. The number of ketones is 2. The van der Waals surface area contributed by atoms with Gasteiger partial charge >= 0.3 is 5.97 Å². The van der Waals surface area contributed by atoms with Crippen molar-refractivity contribution in [3.8, 4) is 0 Å². The topological polar surface area (TPSA) is 60.4 Å². The number of Topliss-reactive ketones (excluding diaryl/α,β-unsaturated/α-hetero) is 1. The summed E-state index contributed by atoms with van der Waals surface area (Å²) in [6.07, 6.45) is 3.92. The van der Waals surface area contributed by atoms with Crippen molar-refractivity contribution in [2.75, 3.05) is 7.11 Å². The molecule has 0 heterocycles. The lowest BCUT2D eigenvalue weighted by Gasteiger charge is -2.39. The van der Waals surface area contributed by atoms with Crippen LogP contribution in [0.4, 0.5) is 0 Å². The molecule has 0 saturated heterocycles. The quantitative estimate of drug-likeness (QED) is 0.491. The lowest BCUT2D eigenvalue weighted by Crippen LogP contribution is -2.48. The summed E-state index contributed by atoms with van der Waals surface area (Å²) in [7, 11) is 1.27. The van der Waals surface area contributed by atoms with Gasteiger partial charge in [-0.2, -0.15) is 0 Å². The van der Waals surface area contributed by atoms with Crippen LogP contribution < -0.4 is 0 Å². The summed E-state index contributed by atoms with van der Waals surface area (Å²) in [6.45, 7) is 1.82. The van der Waals surface area contributed by atoms with Crippen molar-refractivity contribution < 1.29 is 19.1 Å². The molecule has 0 bridgehead atoms. The molecule has 2 rings (SSSR count). The third-order valence-electron chi connectivity index (χ3n) is 3.89. The number of carbonyl (C=O) groups is 3. The van der Waals surface area contributed by atoms with E-state index in [1.807, 2.05) is 6.92 Å². The highest BCUT2D eigenvalue weighted by molar-refractivity contribution is 6.11. The molecule has 2 aliphatic carbocycles. The van der Waals surface area contributed by atoms with E-state index in [9.17, 15) is 14.4 Å². The summed E-state index contributed by atoms with van der Waals surface area (Å²) >= 11 is 0. The summed E-state index contributed by atoms with van der Waals surface area (Å²) in [5, 5.41) is 0. The summed E-state index contributed by atoms with van der Waals surface area (Å²) in [6, 6.07) is 0. The number of hydrogen-bond donors (Lipinski definition) is 0. The van der Waals surface area contributed by atoms with Crippen LogP contribution in [0.5, 0.6) is 0 Å². The van der Waals surface area contributed by atoms with E-state index in [-0.39, 0.29) is 18.0 Å². The highest BCUT2D eigenvalue weighted by atomic mass is 16.5. The third-order valence-corrected chi connectivity index (χ3v) is 3.89. The molecular formula is C12H14O4. The fraction of sp³-hybridized carbons (Fsp3) is 0.583. The van der Waals surface area contributed by atoms with Gasteiger partial charge in [0.1, 0.15) is 0 Å². The maximum absolute atomic E-state index is 12.0. The molecule has 0 aromatic heterocycles. The number of fused-ring (bicyclic) bond motifs is 1. The SMILES string of the molecule is COC(=O)[C@@]12C=CC(=O)C[C@]1(C)CCC2=O. The van der Waals surface area contributed by atoms with Gasteiger partial charge in [-0.3, -0.25) is 14.4 Å². The lowest BCUT2D eigenvalue weighted by atomic mass is 9.61. The van der Waals surface area contributed by atoms with E-state index in [0.717, 1.165) is 0 Å². The van der Waals surface area contributed by atoms with Crippen molar-refractivity contribution in [1.82, 2.24) is 0 Å². The third kappa shape index (κ3) is 1.13. The average molecular weight is 222 g/mol. The Morgan fingerprint density at radius 2 is 2.12 bits per heavy atom. The van der Waals surface area contributed by atoms with Crippen molar-refractivity contribution in [3.05, 3.63) is 12.2 Å². The van der Waals surface area contributed by atoms with E-state index in [2.05, 4.69) is 0 Å². The van der Waals surface area contributed by atoms with Crippen LogP contribution in [0.3, 0.4) is 0 Å². The Hall–Kier alpha value is -1.45. The number of allylic oxidation sites excluding steroid dienone is 1. The molecule has 0 unspecified atom stereocenters. The molecule has 0 N–H and O–H groups in total. The van der Waals surface area contributed by atoms with Gasteiger partial charge in [-0.1, -0.05) is 13.0 Å². The zero-order chi connectivity index (χ0) is 12.0. The van der Waals surface area contributed by atoms with Crippen LogP contribution in [0.2, 0.25) is 0 Å². The summed E-state index contributed by atoms with van der Waals surface area (Å²) in [4.78, 5) is 35.3. The van der Waals surface area contributed by atoms with Gasteiger partial charge in [-0.25, -0.2) is 0 Å². The summed E-state index contributed by atoms with van der Waals surface area (Å²) in [5.41, 5.74) is -1.83. The van der Waals surface area contributed by atoms with E-state index in [0.29, 0.717) is 12.8 Å². The van der Waals surface area contributed by atoms with Gasteiger partial charge < -0.3 is 4.74 Å². The Morgan fingerprint density at radius 1 is 1.44 bits per heavy atom. The molecule has 1 fully saturated rings. The van der Waals surface area contributed by atoms with E-state index < -0.39 is 16.8 Å². The first-order valence-corrected chi connectivity index (χ1v) is 5.30. The van der Waals surface area contributed by atoms with E-state index >= 15 is 0 Å². The van der Waals surface area contributed by atoms with Gasteiger partial charge in [0.25, 0.3) is 0 Å². The van der Waals surface area contributed by atoms with Crippen LogP contribution >= 0.6 is 0 Å². The standard InChI is InChI=1S/C12H14O4/c1-11-5-4-9(14)12(11,10(15)16-2)6-3-8(13)7-11/h3,6H,4-5,7H2,1-2H3/t11-,12-/m0/s1. The predicted molar refractivity (Wildman–Crippen MR) is 55.6 cm³/mol. The van der Waals surface area contributed by atoms with Crippen molar-refractivity contribution in [1.29, 1.82) is 0 Å². The Bertz CT molecular complexity index is 409. The monoisotopic (exact) mass is 222 g/mol. The van der Waals surface area contributed by atoms with Gasteiger partial charge in [0.05, 0.1) is 7.11 Å². The molecule has 0 aromatic rings. The normalized spacial score (nSPS) is 37.4. The molecule has 1 saturated carbocycles. The fourth-order valence-corrected chi connectivity index (χ4v) is 2.89. The van der Waals surface area contributed by atoms with Crippen LogP contribution in [0.1, 0.15) is 26.2 Å². The number of ether oxygens (including phenoxy) is 1. The first-order valence-electron chi connectivity index (χ1n) is 5.30. The van der Waals surface area contributed by atoms with E-state index in [1.54, 1.807) is 0 Å². The van der Waals surface area contributed by atoms with Crippen LogP contribution in [0.25, 0.3) is 0 Å². The first-order chi connectivity index (χ1) is 7.46. The Morgan fingerprint density at radius 3 is 2.75 bits per heavy atom. The van der Waals surface area contributed by atoms with Gasteiger partial charge in [-0.05, 0) is 12.5 Å². The molecule has 0 radical (unpaired) electrons. The average Bonchev–Trinajstić information content (AvgIpc) is 2.50. The molecule has 0 spiro atoms. The summed E-state index contributed by atoms with van der Waals surface area (Å²) in [5.74, 6) is -0.705. The molecule has 2 aliphatic rings. The molecule has 0 aliphatic heterocycles. The fourth-order valence-electron chi connectivity index (χ4n) is 2.89. The van der Waals surface area contributed by atoms with Crippen molar-refractivity contribution in [2.24, 2.45) is 10.8 Å². The maximum atomic E-state index is 12.0. The number of hydrogen-bond acceptors (Lipinski definition) is 4. The minimum Gasteiger partial charge on any atom is -0.468 e. The minimum atomic E-state index is -1.23. The minimum absolute atomic E-state index is 0.0308.